The van der Waals surface area contributed by atoms with Crippen molar-refractivity contribution < 1.29 is 18.0 Å². The SMILES string of the molecule is CC(=O)c1ccc(C)c(NC(=O)CCC2CCS(=O)(=O)C2)c1. The van der Waals surface area contributed by atoms with Crippen LogP contribution < -0.4 is 5.32 Å². The Morgan fingerprint density at radius 2 is 2.05 bits per heavy atom. The lowest BCUT2D eigenvalue weighted by Gasteiger charge is -2.11. The highest BCUT2D eigenvalue weighted by Gasteiger charge is 2.27. The molecule has 0 radical (unpaired) electrons. The third-order valence-corrected chi connectivity index (χ3v) is 5.86. The van der Waals surface area contributed by atoms with Crippen LogP contribution in [0.4, 0.5) is 5.69 Å². The molecule has 0 bridgehead atoms. The van der Waals surface area contributed by atoms with Gasteiger partial charge in [0.05, 0.1) is 11.5 Å². The maximum absolute atomic E-state index is 12.0. The maximum atomic E-state index is 12.0. The van der Waals surface area contributed by atoms with Gasteiger partial charge in [0.1, 0.15) is 0 Å². The van der Waals surface area contributed by atoms with Gasteiger partial charge in [-0.1, -0.05) is 12.1 Å². The van der Waals surface area contributed by atoms with Gasteiger partial charge < -0.3 is 5.32 Å². The van der Waals surface area contributed by atoms with E-state index in [1.54, 1.807) is 18.2 Å². The predicted molar refractivity (Wildman–Crippen MR) is 85.8 cm³/mol. The minimum atomic E-state index is -2.89. The quantitative estimate of drug-likeness (QED) is 0.844. The number of amides is 1. The largest absolute Gasteiger partial charge is 0.326 e. The summed E-state index contributed by atoms with van der Waals surface area (Å²) in [7, 11) is -2.89. The van der Waals surface area contributed by atoms with Gasteiger partial charge in [-0.05, 0) is 44.2 Å². The van der Waals surface area contributed by atoms with Crippen LogP contribution in [0.1, 0.15) is 42.1 Å². The van der Waals surface area contributed by atoms with E-state index in [0.717, 1.165) is 5.56 Å². The summed E-state index contributed by atoms with van der Waals surface area (Å²) in [4.78, 5) is 23.4. The van der Waals surface area contributed by atoms with E-state index in [0.29, 0.717) is 30.5 Å². The molecule has 1 heterocycles. The fraction of sp³-hybridized carbons (Fsp3) is 0.500. The van der Waals surface area contributed by atoms with Gasteiger partial charge in [0.25, 0.3) is 0 Å². The summed E-state index contributed by atoms with van der Waals surface area (Å²) in [6.45, 7) is 3.35. The van der Waals surface area contributed by atoms with Gasteiger partial charge in [-0.15, -0.1) is 0 Å². The van der Waals surface area contributed by atoms with Gasteiger partial charge in [0, 0.05) is 17.7 Å². The van der Waals surface area contributed by atoms with Gasteiger partial charge in [-0.25, -0.2) is 8.42 Å². The van der Waals surface area contributed by atoms with Crippen molar-refractivity contribution in [3.8, 4) is 0 Å². The van der Waals surface area contributed by atoms with Crippen molar-refractivity contribution in [2.75, 3.05) is 16.8 Å². The van der Waals surface area contributed by atoms with Gasteiger partial charge in [0.15, 0.2) is 15.6 Å². The molecule has 1 fully saturated rings. The van der Waals surface area contributed by atoms with E-state index in [-0.39, 0.29) is 29.1 Å². The minimum Gasteiger partial charge on any atom is -0.326 e. The first kappa shape index (κ1) is 16.7. The van der Waals surface area contributed by atoms with E-state index >= 15 is 0 Å². The number of ketones is 1. The number of benzene rings is 1. The number of Topliss-reactive ketones (excluding diaryl/α,β-unsaturated/α-hetero) is 1. The number of carbonyl (C=O) groups is 2. The smallest absolute Gasteiger partial charge is 0.224 e. The Morgan fingerprint density at radius 1 is 1.32 bits per heavy atom. The van der Waals surface area contributed by atoms with Crippen LogP contribution in [0.15, 0.2) is 18.2 Å². The monoisotopic (exact) mass is 323 g/mol. The second kappa shape index (κ2) is 6.60. The maximum Gasteiger partial charge on any atom is 0.224 e. The van der Waals surface area contributed by atoms with Gasteiger partial charge >= 0.3 is 0 Å². The number of hydrogen-bond acceptors (Lipinski definition) is 4. The van der Waals surface area contributed by atoms with Crippen LogP contribution in [0.2, 0.25) is 0 Å². The number of nitrogens with one attached hydrogen (secondary N) is 1. The van der Waals surface area contributed by atoms with Crippen LogP contribution in [-0.2, 0) is 14.6 Å². The Kier molecular flexibility index (Phi) is 5.01. The Morgan fingerprint density at radius 3 is 2.64 bits per heavy atom. The first-order valence-electron chi connectivity index (χ1n) is 7.39. The average molecular weight is 323 g/mol. The summed E-state index contributed by atoms with van der Waals surface area (Å²) in [5, 5.41) is 2.81. The Balaban J connectivity index is 1.92. The van der Waals surface area contributed by atoms with E-state index < -0.39 is 9.84 Å². The molecule has 22 heavy (non-hydrogen) atoms. The van der Waals surface area contributed by atoms with Crippen LogP contribution in [0.25, 0.3) is 0 Å². The third-order valence-electron chi connectivity index (χ3n) is 4.02. The number of sulfone groups is 1. The molecular weight excluding hydrogens is 302 g/mol. The topological polar surface area (TPSA) is 80.3 Å². The number of carbonyl (C=O) groups excluding carboxylic acids is 2. The van der Waals surface area contributed by atoms with E-state index in [9.17, 15) is 18.0 Å². The van der Waals surface area contributed by atoms with Crippen molar-refractivity contribution in [2.24, 2.45) is 5.92 Å². The number of aryl methyl sites for hydroxylation is 1. The molecule has 0 spiro atoms. The van der Waals surface area contributed by atoms with Gasteiger partial charge in [-0.3, -0.25) is 9.59 Å². The summed E-state index contributed by atoms with van der Waals surface area (Å²) >= 11 is 0. The van der Waals surface area contributed by atoms with Crippen LogP contribution in [0, 0.1) is 12.8 Å². The van der Waals surface area contributed by atoms with E-state index in [1.165, 1.54) is 6.92 Å². The molecular formula is C16H21NO4S. The summed E-state index contributed by atoms with van der Waals surface area (Å²) < 4.78 is 22.8. The van der Waals surface area contributed by atoms with Crippen molar-refractivity contribution in [1.29, 1.82) is 0 Å². The van der Waals surface area contributed by atoms with Crippen LogP contribution in [-0.4, -0.2) is 31.6 Å². The molecule has 1 unspecified atom stereocenters. The molecule has 1 saturated heterocycles. The average Bonchev–Trinajstić information content (AvgIpc) is 2.78. The van der Waals surface area contributed by atoms with Crippen LogP contribution in [0.5, 0.6) is 0 Å². The normalized spacial score (nSPS) is 19.8. The molecule has 1 aliphatic rings. The van der Waals surface area contributed by atoms with Gasteiger partial charge in [0.2, 0.25) is 5.91 Å². The predicted octanol–water partition coefficient (Wildman–Crippen LogP) is 2.35. The lowest BCUT2D eigenvalue weighted by molar-refractivity contribution is -0.116. The first-order valence-corrected chi connectivity index (χ1v) is 9.21. The van der Waals surface area contributed by atoms with Crippen LogP contribution >= 0.6 is 0 Å². The molecule has 6 heteroatoms. The molecule has 120 valence electrons. The second-order valence-electron chi connectivity index (χ2n) is 5.94. The molecule has 2 rings (SSSR count). The highest BCUT2D eigenvalue weighted by molar-refractivity contribution is 7.91. The Bertz CT molecular complexity index is 694. The Labute approximate surface area is 131 Å². The van der Waals surface area contributed by atoms with Crippen molar-refractivity contribution in [3.05, 3.63) is 29.3 Å². The summed E-state index contributed by atoms with van der Waals surface area (Å²) in [6, 6.07) is 5.21. The second-order valence-corrected chi connectivity index (χ2v) is 8.17. The van der Waals surface area contributed by atoms with Crippen molar-refractivity contribution >= 4 is 27.2 Å². The fourth-order valence-corrected chi connectivity index (χ4v) is 4.53. The highest BCUT2D eigenvalue weighted by Crippen LogP contribution is 2.23. The molecule has 1 N–H and O–H groups in total. The summed E-state index contributed by atoms with van der Waals surface area (Å²) in [5.74, 6) is 0.318. The van der Waals surface area contributed by atoms with Crippen molar-refractivity contribution in [1.82, 2.24) is 0 Å². The molecule has 1 aromatic carbocycles. The van der Waals surface area contributed by atoms with Crippen LogP contribution in [0.3, 0.4) is 0 Å². The zero-order valence-electron chi connectivity index (χ0n) is 12.9. The Hall–Kier alpha value is -1.69. The van der Waals surface area contributed by atoms with Crippen molar-refractivity contribution in [2.45, 2.75) is 33.1 Å². The standard InChI is InChI=1S/C16H21NO4S/c1-11-3-5-14(12(2)18)9-15(11)17-16(19)6-4-13-7-8-22(20,21)10-13/h3,5,9,13H,4,6-8,10H2,1-2H3,(H,17,19). The lowest BCUT2D eigenvalue weighted by atomic mass is 10.0. The molecule has 1 atom stereocenters. The molecule has 1 aliphatic heterocycles. The minimum absolute atomic E-state index is 0.0494. The number of hydrogen-bond donors (Lipinski definition) is 1. The molecule has 0 aliphatic carbocycles. The van der Waals surface area contributed by atoms with Gasteiger partial charge in [-0.2, -0.15) is 0 Å². The number of rotatable bonds is 5. The molecule has 0 aromatic heterocycles. The fourth-order valence-electron chi connectivity index (χ4n) is 2.62. The zero-order chi connectivity index (χ0) is 16.3. The molecule has 0 saturated carbocycles. The van der Waals surface area contributed by atoms with E-state index in [1.807, 2.05) is 6.92 Å². The summed E-state index contributed by atoms with van der Waals surface area (Å²) in [5.41, 5.74) is 2.08. The lowest BCUT2D eigenvalue weighted by Crippen LogP contribution is -2.15. The highest BCUT2D eigenvalue weighted by atomic mass is 32.2. The van der Waals surface area contributed by atoms with Crippen molar-refractivity contribution in [3.63, 3.8) is 0 Å². The zero-order valence-corrected chi connectivity index (χ0v) is 13.7. The van der Waals surface area contributed by atoms with E-state index in [4.69, 9.17) is 0 Å². The molecule has 1 amide bonds. The molecule has 1 aromatic rings. The third kappa shape index (κ3) is 4.40. The first-order chi connectivity index (χ1) is 10.3. The van der Waals surface area contributed by atoms with E-state index in [2.05, 4.69) is 5.32 Å². The number of anilines is 1. The summed E-state index contributed by atoms with van der Waals surface area (Å²) in [6.07, 6.45) is 1.52. The molecule has 5 nitrogen and oxygen atoms in total.